The summed E-state index contributed by atoms with van der Waals surface area (Å²) in [5, 5.41) is 3.04. The summed E-state index contributed by atoms with van der Waals surface area (Å²) in [7, 11) is -1.67. The maximum atomic E-state index is 12.5. The minimum atomic E-state index is -3.52. The highest BCUT2D eigenvalue weighted by molar-refractivity contribution is 9.10. The van der Waals surface area contributed by atoms with Crippen molar-refractivity contribution in [2.75, 3.05) is 7.05 Å². The normalized spacial score (nSPS) is 12.7. The SMILES string of the molecule is CCC(C)(CC)NS(=O)(=O)c1ccc(CNC)cc1Br. The number of nitrogens with one attached hydrogen (secondary N) is 2. The van der Waals surface area contributed by atoms with Gasteiger partial charge in [-0.2, -0.15) is 0 Å². The van der Waals surface area contributed by atoms with E-state index in [9.17, 15) is 8.42 Å². The van der Waals surface area contributed by atoms with E-state index in [1.54, 1.807) is 6.07 Å². The molecule has 20 heavy (non-hydrogen) atoms. The smallest absolute Gasteiger partial charge is 0.242 e. The predicted molar refractivity (Wildman–Crippen MR) is 86.2 cm³/mol. The second-order valence-electron chi connectivity index (χ2n) is 5.17. The van der Waals surface area contributed by atoms with E-state index >= 15 is 0 Å². The first kappa shape index (κ1) is 17.6. The first-order valence-corrected chi connectivity index (χ1v) is 9.02. The van der Waals surface area contributed by atoms with Crippen LogP contribution in [-0.2, 0) is 16.6 Å². The van der Waals surface area contributed by atoms with Gasteiger partial charge in [0.2, 0.25) is 10.0 Å². The lowest BCUT2D eigenvalue weighted by molar-refractivity contribution is 0.388. The molecule has 114 valence electrons. The summed E-state index contributed by atoms with van der Waals surface area (Å²) < 4.78 is 28.4. The van der Waals surface area contributed by atoms with Gasteiger partial charge in [0.15, 0.2) is 0 Å². The average molecular weight is 363 g/mol. The van der Waals surface area contributed by atoms with Gasteiger partial charge in [0.1, 0.15) is 0 Å². The fraction of sp³-hybridized carbons (Fsp3) is 0.571. The molecule has 0 spiro atoms. The highest BCUT2D eigenvalue weighted by atomic mass is 79.9. The van der Waals surface area contributed by atoms with Crippen molar-refractivity contribution in [1.29, 1.82) is 0 Å². The van der Waals surface area contributed by atoms with Crippen LogP contribution in [0, 0.1) is 0 Å². The Hall–Kier alpha value is -0.430. The molecule has 0 aliphatic rings. The summed E-state index contributed by atoms with van der Waals surface area (Å²) >= 11 is 3.36. The maximum absolute atomic E-state index is 12.5. The van der Waals surface area contributed by atoms with E-state index in [1.807, 2.05) is 40.0 Å². The number of hydrogen-bond donors (Lipinski definition) is 2. The van der Waals surface area contributed by atoms with Crippen LogP contribution in [0.2, 0.25) is 0 Å². The number of sulfonamides is 1. The molecule has 1 rings (SSSR count). The molecule has 0 aliphatic carbocycles. The van der Waals surface area contributed by atoms with E-state index in [1.165, 1.54) is 0 Å². The van der Waals surface area contributed by atoms with Crippen LogP contribution in [0.25, 0.3) is 0 Å². The topological polar surface area (TPSA) is 58.2 Å². The van der Waals surface area contributed by atoms with Gasteiger partial charge in [-0.15, -0.1) is 0 Å². The summed E-state index contributed by atoms with van der Waals surface area (Å²) in [4.78, 5) is 0.283. The van der Waals surface area contributed by atoms with Gasteiger partial charge in [-0.3, -0.25) is 0 Å². The molecule has 0 unspecified atom stereocenters. The van der Waals surface area contributed by atoms with Gasteiger partial charge >= 0.3 is 0 Å². The van der Waals surface area contributed by atoms with Crippen LogP contribution in [0.5, 0.6) is 0 Å². The van der Waals surface area contributed by atoms with Crippen LogP contribution < -0.4 is 10.0 Å². The Balaban J connectivity index is 3.10. The predicted octanol–water partition coefficient (Wildman–Crippen LogP) is 3.03. The molecule has 1 aromatic carbocycles. The molecule has 0 aliphatic heterocycles. The van der Waals surface area contributed by atoms with E-state index in [0.717, 1.165) is 18.4 Å². The Morgan fingerprint density at radius 3 is 2.30 bits per heavy atom. The fourth-order valence-electron chi connectivity index (χ4n) is 1.85. The largest absolute Gasteiger partial charge is 0.316 e. The third-order valence-electron chi connectivity index (χ3n) is 3.61. The zero-order chi connectivity index (χ0) is 15.4. The second-order valence-corrected chi connectivity index (χ2v) is 7.67. The minimum Gasteiger partial charge on any atom is -0.316 e. The molecule has 2 N–H and O–H groups in total. The molecule has 0 saturated carbocycles. The highest BCUT2D eigenvalue weighted by Crippen LogP contribution is 2.26. The summed E-state index contributed by atoms with van der Waals surface area (Å²) in [6.45, 7) is 6.59. The average Bonchev–Trinajstić information content (AvgIpc) is 2.38. The quantitative estimate of drug-likeness (QED) is 0.783. The monoisotopic (exact) mass is 362 g/mol. The molecular formula is C14H23BrN2O2S. The molecule has 0 bridgehead atoms. The van der Waals surface area contributed by atoms with Crippen molar-refractivity contribution in [3.05, 3.63) is 28.2 Å². The van der Waals surface area contributed by atoms with E-state index in [-0.39, 0.29) is 4.90 Å². The molecule has 0 radical (unpaired) electrons. The third kappa shape index (κ3) is 4.28. The first-order chi connectivity index (χ1) is 9.28. The van der Waals surface area contributed by atoms with Crippen LogP contribution >= 0.6 is 15.9 Å². The number of rotatable bonds is 7. The van der Waals surface area contributed by atoms with Gasteiger partial charge in [0, 0.05) is 16.6 Å². The van der Waals surface area contributed by atoms with Gasteiger partial charge in [0.05, 0.1) is 4.90 Å². The van der Waals surface area contributed by atoms with Crippen LogP contribution in [0.1, 0.15) is 39.2 Å². The lowest BCUT2D eigenvalue weighted by Crippen LogP contribution is -2.44. The van der Waals surface area contributed by atoms with Crippen molar-refractivity contribution in [3.63, 3.8) is 0 Å². The van der Waals surface area contributed by atoms with Crippen LogP contribution in [0.3, 0.4) is 0 Å². The van der Waals surface area contributed by atoms with Gasteiger partial charge in [-0.05, 0) is 60.4 Å². The van der Waals surface area contributed by atoms with Gasteiger partial charge in [-0.25, -0.2) is 13.1 Å². The standard InChI is InChI=1S/C14H23BrN2O2S/c1-5-14(3,6-2)17-20(18,19)13-8-7-11(10-16-4)9-12(13)15/h7-9,16-17H,5-6,10H2,1-4H3. The summed E-state index contributed by atoms with van der Waals surface area (Å²) in [5.74, 6) is 0. The molecule has 0 saturated heterocycles. The van der Waals surface area contributed by atoms with E-state index < -0.39 is 15.6 Å². The third-order valence-corrected chi connectivity index (χ3v) is 6.22. The Labute approximate surface area is 130 Å². The molecule has 1 aromatic rings. The van der Waals surface area contributed by atoms with Gasteiger partial charge in [-0.1, -0.05) is 19.9 Å². The number of hydrogen-bond acceptors (Lipinski definition) is 3. The van der Waals surface area contributed by atoms with Crippen molar-refractivity contribution in [2.24, 2.45) is 0 Å². The molecule has 4 nitrogen and oxygen atoms in total. The lowest BCUT2D eigenvalue weighted by atomic mass is 9.98. The number of halogens is 1. The van der Waals surface area contributed by atoms with Crippen molar-refractivity contribution >= 4 is 26.0 Å². The van der Waals surface area contributed by atoms with Crippen LogP contribution in [-0.4, -0.2) is 21.0 Å². The second kappa shape index (κ2) is 7.02. The Morgan fingerprint density at radius 1 is 1.25 bits per heavy atom. The first-order valence-electron chi connectivity index (χ1n) is 6.75. The molecule has 0 fully saturated rings. The van der Waals surface area contributed by atoms with Crippen molar-refractivity contribution in [2.45, 2.75) is 50.6 Å². The maximum Gasteiger partial charge on any atom is 0.242 e. The molecule has 0 heterocycles. The Bertz CT molecular complexity index is 554. The Kier molecular flexibility index (Phi) is 6.19. The van der Waals surface area contributed by atoms with Crippen LogP contribution in [0.4, 0.5) is 0 Å². The van der Waals surface area contributed by atoms with Gasteiger partial charge < -0.3 is 5.32 Å². The van der Waals surface area contributed by atoms with Crippen LogP contribution in [0.15, 0.2) is 27.6 Å². The summed E-state index contributed by atoms with van der Waals surface area (Å²) in [5.41, 5.74) is 0.620. The van der Waals surface area contributed by atoms with E-state index in [0.29, 0.717) is 11.0 Å². The summed E-state index contributed by atoms with van der Waals surface area (Å²) in [6.07, 6.45) is 1.50. The van der Waals surface area contributed by atoms with Gasteiger partial charge in [0.25, 0.3) is 0 Å². The lowest BCUT2D eigenvalue weighted by Gasteiger charge is -2.28. The fourth-order valence-corrected chi connectivity index (χ4v) is 4.53. The zero-order valence-electron chi connectivity index (χ0n) is 12.5. The van der Waals surface area contributed by atoms with Crippen molar-refractivity contribution in [3.8, 4) is 0 Å². The molecule has 6 heteroatoms. The van der Waals surface area contributed by atoms with Crippen molar-refractivity contribution in [1.82, 2.24) is 10.0 Å². The highest BCUT2D eigenvalue weighted by Gasteiger charge is 2.28. The molecule has 0 amide bonds. The molecule has 0 aromatic heterocycles. The zero-order valence-corrected chi connectivity index (χ0v) is 14.9. The van der Waals surface area contributed by atoms with Crippen molar-refractivity contribution < 1.29 is 8.42 Å². The van der Waals surface area contributed by atoms with E-state index in [4.69, 9.17) is 0 Å². The molecular weight excluding hydrogens is 340 g/mol. The molecule has 0 atom stereocenters. The summed E-state index contributed by atoms with van der Waals surface area (Å²) in [6, 6.07) is 5.30. The van der Waals surface area contributed by atoms with E-state index in [2.05, 4.69) is 26.0 Å². The number of benzene rings is 1. The minimum absolute atomic E-state index is 0.283. The Morgan fingerprint density at radius 2 is 1.85 bits per heavy atom.